The predicted molar refractivity (Wildman–Crippen MR) is 114 cm³/mol. The van der Waals surface area contributed by atoms with E-state index in [0.29, 0.717) is 48.8 Å². The van der Waals surface area contributed by atoms with Crippen LogP contribution < -0.4 is 0 Å². The Balaban J connectivity index is 1.39. The number of likely N-dealkylation sites (tertiary alicyclic amines) is 1. The van der Waals surface area contributed by atoms with Crippen molar-refractivity contribution in [2.45, 2.75) is 50.7 Å². The third-order valence-electron chi connectivity index (χ3n) is 6.09. The molecule has 0 radical (unpaired) electrons. The van der Waals surface area contributed by atoms with E-state index in [9.17, 15) is 17.6 Å². The number of halogens is 1. The molecule has 0 unspecified atom stereocenters. The molecule has 4 rings (SSSR count). The predicted octanol–water partition coefficient (Wildman–Crippen LogP) is 3.46. The maximum atomic E-state index is 13.4. The van der Waals surface area contributed by atoms with Crippen molar-refractivity contribution in [3.05, 3.63) is 53.0 Å². The number of oxazole rings is 1. The van der Waals surface area contributed by atoms with Crippen LogP contribution in [-0.2, 0) is 15.8 Å². The lowest BCUT2D eigenvalue weighted by Gasteiger charge is -2.29. The third kappa shape index (κ3) is 4.98. The van der Waals surface area contributed by atoms with Crippen molar-refractivity contribution in [2.24, 2.45) is 0 Å². The van der Waals surface area contributed by atoms with E-state index in [1.54, 1.807) is 13.0 Å². The maximum absolute atomic E-state index is 13.4. The molecule has 0 aliphatic carbocycles. The van der Waals surface area contributed by atoms with Crippen molar-refractivity contribution in [3.63, 3.8) is 0 Å². The number of rotatable bonds is 5. The fraction of sp³-hybridized carbons (Fsp3) is 0.545. The van der Waals surface area contributed by atoms with Gasteiger partial charge in [0.25, 0.3) is 5.91 Å². The zero-order valence-corrected chi connectivity index (χ0v) is 18.5. The summed E-state index contributed by atoms with van der Waals surface area (Å²) < 4.78 is 46.1. The number of hydrogen-bond donors (Lipinski definition) is 0. The first-order chi connectivity index (χ1) is 14.8. The van der Waals surface area contributed by atoms with Crippen molar-refractivity contribution < 1.29 is 22.0 Å². The van der Waals surface area contributed by atoms with E-state index in [-0.39, 0.29) is 17.6 Å². The van der Waals surface area contributed by atoms with Gasteiger partial charge in [0.05, 0.1) is 5.75 Å². The number of carbonyl (C=O) groups is 1. The lowest BCUT2D eigenvalue weighted by Crippen LogP contribution is -2.38. The zero-order valence-electron chi connectivity index (χ0n) is 17.7. The Kier molecular flexibility index (Phi) is 6.43. The van der Waals surface area contributed by atoms with Crippen molar-refractivity contribution in [1.82, 2.24) is 14.2 Å². The minimum atomic E-state index is -3.53. The van der Waals surface area contributed by atoms with Crippen LogP contribution >= 0.6 is 0 Å². The summed E-state index contributed by atoms with van der Waals surface area (Å²) in [4.78, 5) is 19.1. The van der Waals surface area contributed by atoms with Crippen molar-refractivity contribution in [3.8, 4) is 0 Å². The van der Waals surface area contributed by atoms with E-state index in [4.69, 9.17) is 4.42 Å². The molecule has 1 aromatic heterocycles. The Morgan fingerprint density at radius 1 is 1.16 bits per heavy atom. The Labute approximate surface area is 182 Å². The summed E-state index contributed by atoms with van der Waals surface area (Å²) in [7, 11) is -3.53. The van der Waals surface area contributed by atoms with E-state index in [0.717, 1.165) is 32.4 Å². The molecule has 2 aliphatic rings. The second kappa shape index (κ2) is 9.08. The first-order valence-corrected chi connectivity index (χ1v) is 12.4. The van der Waals surface area contributed by atoms with Crippen LogP contribution in [0.15, 0.2) is 28.7 Å². The second-order valence-electron chi connectivity index (χ2n) is 8.37. The van der Waals surface area contributed by atoms with Gasteiger partial charge in [0.15, 0.2) is 11.6 Å². The second-order valence-corrected chi connectivity index (χ2v) is 10.3. The molecule has 2 saturated heterocycles. The molecule has 0 N–H and O–H groups in total. The standard InChI is InChI=1S/C22H28FN3O4S/c1-16-20(22(27)25-10-3-2-4-11-25)24-21(30-16)18-8-12-26(13-9-18)31(28,29)15-17-6-5-7-19(23)14-17/h5-7,14,18H,2-4,8-13,15H2,1H3. The van der Waals surface area contributed by atoms with Crippen molar-refractivity contribution >= 4 is 15.9 Å². The first-order valence-electron chi connectivity index (χ1n) is 10.8. The maximum Gasteiger partial charge on any atom is 0.276 e. The number of nitrogens with zero attached hydrogens (tertiary/aromatic N) is 3. The number of piperidine rings is 2. The van der Waals surface area contributed by atoms with Gasteiger partial charge >= 0.3 is 0 Å². The topological polar surface area (TPSA) is 83.7 Å². The number of carbonyl (C=O) groups excluding carboxylic acids is 1. The van der Waals surface area contributed by atoms with Crippen LogP contribution in [-0.4, -0.2) is 54.7 Å². The molecule has 2 aromatic rings. The van der Waals surface area contributed by atoms with E-state index in [2.05, 4.69) is 4.98 Å². The Hall–Kier alpha value is -2.26. The number of aryl methyl sites for hydroxylation is 1. The molecule has 31 heavy (non-hydrogen) atoms. The highest BCUT2D eigenvalue weighted by molar-refractivity contribution is 7.88. The Morgan fingerprint density at radius 3 is 2.55 bits per heavy atom. The van der Waals surface area contributed by atoms with E-state index < -0.39 is 15.8 Å². The molecule has 7 nitrogen and oxygen atoms in total. The van der Waals surface area contributed by atoms with Crippen LogP contribution in [0.4, 0.5) is 4.39 Å². The van der Waals surface area contributed by atoms with Gasteiger partial charge in [-0.2, -0.15) is 0 Å². The Morgan fingerprint density at radius 2 is 1.87 bits per heavy atom. The molecule has 168 valence electrons. The lowest BCUT2D eigenvalue weighted by atomic mass is 9.98. The smallest absolute Gasteiger partial charge is 0.276 e. The molecule has 2 aliphatic heterocycles. The largest absolute Gasteiger partial charge is 0.445 e. The average molecular weight is 450 g/mol. The third-order valence-corrected chi connectivity index (χ3v) is 7.94. The molecule has 0 saturated carbocycles. The van der Waals surface area contributed by atoms with Gasteiger partial charge in [0, 0.05) is 32.1 Å². The fourth-order valence-corrected chi connectivity index (χ4v) is 5.90. The first kappa shape index (κ1) is 22.0. The quantitative estimate of drug-likeness (QED) is 0.698. The molecule has 9 heteroatoms. The van der Waals surface area contributed by atoms with E-state index >= 15 is 0 Å². The molecule has 3 heterocycles. The van der Waals surface area contributed by atoms with Crippen LogP contribution in [0.5, 0.6) is 0 Å². The monoisotopic (exact) mass is 449 g/mol. The highest BCUT2D eigenvalue weighted by Gasteiger charge is 2.32. The summed E-state index contributed by atoms with van der Waals surface area (Å²) in [6, 6.07) is 5.68. The molecule has 0 bridgehead atoms. The van der Waals surface area contributed by atoms with Crippen LogP contribution in [0.3, 0.4) is 0 Å². The number of sulfonamides is 1. The fourth-order valence-electron chi connectivity index (χ4n) is 4.35. The number of hydrogen-bond acceptors (Lipinski definition) is 5. The van der Waals surface area contributed by atoms with Gasteiger partial charge in [-0.1, -0.05) is 12.1 Å². The van der Waals surface area contributed by atoms with Gasteiger partial charge in [0.2, 0.25) is 10.0 Å². The van der Waals surface area contributed by atoms with Gasteiger partial charge in [-0.25, -0.2) is 22.1 Å². The zero-order chi connectivity index (χ0) is 22.0. The van der Waals surface area contributed by atoms with Crippen LogP contribution in [0.25, 0.3) is 0 Å². The van der Waals surface area contributed by atoms with Crippen LogP contribution in [0.2, 0.25) is 0 Å². The molecule has 0 atom stereocenters. The lowest BCUT2D eigenvalue weighted by molar-refractivity contribution is 0.0717. The summed E-state index contributed by atoms with van der Waals surface area (Å²) in [6.07, 6.45) is 4.31. The van der Waals surface area contributed by atoms with Crippen molar-refractivity contribution in [2.75, 3.05) is 26.2 Å². The van der Waals surface area contributed by atoms with E-state index in [1.165, 1.54) is 22.5 Å². The number of benzene rings is 1. The molecular weight excluding hydrogens is 421 g/mol. The van der Waals surface area contributed by atoms with Gasteiger partial charge in [-0.3, -0.25) is 4.79 Å². The Bertz CT molecular complexity index is 1040. The summed E-state index contributed by atoms with van der Waals surface area (Å²) in [5.41, 5.74) is 0.810. The molecule has 0 spiro atoms. The van der Waals surface area contributed by atoms with Gasteiger partial charge in [-0.05, 0) is 56.7 Å². The average Bonchev–Trinajstić information content (AvgIpc) is 3.15. The molecule has 1 aromatic carbocycles. The van der Waals surface area contributed by atoms with Crippen LogP contribution in [0, 0.1) is 12.7 Å². The molecule has 1 amide bonds. The molecule has 2 fully saturated rings. The van der Waals surface area contributed by atoms with Gasteiger partial charge < -0.3 is 9.32 Å². The minimum Gasteiger partial charge on any atom is -0.445 e. The minimum absolute atomic E-state index is 0.0257. The van der Waals surface area contributed by atoms with E-state index in [1.807, 2.05) is 4.90 Å². The number of amides is 1. The normalized spacial score (nSPS) is 19.0. The highest BCUT2D eigenvalue weighted by atomic mass is 32.2. The van der Waals surface area contributed by atoms with Crippen LogP contribution in [0.1, 0.15) is 65.7 Å². The SMILES string of the molecule is Cc1oc(C2CCN(S(=O)(=O)Cc3cccc(F)c3)CC2)nc1C(=O)N1CCCCC1. The molecular formula is C22H28FN3O4S. The highest BCUT2D eigenvalue weighted by Crippen LogP contribution is 2.31. The summed E-state index contributed by atoms with van der Waals surface area (Å²) >= 11 is 0. The van der Waals surface area contributed by atoms with Gasteiger partial charge in [-0.15, -0.1) is 0 Å². The van der Waals surface area contributed by atoms with Gasteiger partial charge in [0.1, 0.15) is 11.6 Å². The summed E-state index contributed by atoms with van der Waals surface area (Å²) in [6.45, 7) is 3.95. The van der Waals surface area contributed by atoms with Crippen molar-refractivity contribution in [1.29, 1.82) is 0 Å². The summed E-state index contributed by atoms with van der Waals surface area (Å²) in [5.74, 6) is 0.263. The number of aromatic nitrogens is 1. The summed E-state index contributed by atoms with van der Waals surface area (Å²) in [5, 5.41) is 0.